The number of rotatable bonds is 8. The van der Waals surface area contributed by atoms with Gasteiger partial charge < -0.3 is 16.4 Å². The summed E-state index contributed by atoms with van der Waals surface area (Å²) >= 11 is 0. The minimum Gasteiger partial charge on any atom is -0.389 e. The molecule has 0 saturated carbocycles. The molecular weight excluding hydrogens is 448 g/mol. The van der Waals surface area contributed by atoms with Crippen molar-refractivity contribution in [3.05, 3.63) is 53.8 Å². The summed E-state index contributed by atoms with van der Waals surface area (Å²) in [6.45, 7) is 7.05. The third kappa shape index (κ3) is 4.32. The van der Waals surface area contributed by atoms with Crippen molar-refractivity contribution >= 4 is 29.2 Å². The number of fused-ring (bicyclic) bond motifs is 1. The van der Waals surface area contributed by atoms with Crippen LogP contribution in [0.1, 0.15) is 55.9 Å². The number of carbonyl (C=O) groups excluding carboxylic acids is 3. The average Bonchev–Trinajstić information content (AvgIpc) is 3.36. The molecule has 0 spiro atoms. The zero-order valence-corrected chi connectivity index (χ0v) is 20.0. The van der Waals surface area contributed by atoms with E-state index >= 15 is 0 Å². The van der Waals surface area contributed by atoms with Crippen molar-refractivity contribution in [3.8, 4) is 11.1 Å². The van der Waals surface area contributed by atoms with E-state index in [9.17, 15) is 14.4 Å². The van der Waals surface area contributed by atoms with Gasteiger partial charge in [-0.1, -0.05) is 12.1 Å². The van der Waals surface area contributed by atoms with Gasteiger partial charge in [0.05, 0.1) is 23.1 Å². The van der Waals surface area contributed by atoms with E-state index in [0.717, 1.165) is 6.42 Å². The lowest BCUT2D eigenvalue weighted by Crippen LogP contribution is -2.41. The number of Topliss-reactive ketones (excluding diaryl/α,β-unsaturated/α-hetero) is 1. The molecule has 1 aliphatic rings. The topological polar surface area (TPSA) is 156 Å². The fourth-order valence-electron chi connectivity index (χ4n) is 4.10. The predicted molar refractivity (Wildman–Crippen MR) is 130 cm³/mol. The Morgan fingerprint density at radius 3 is 2.69 bits per heavy atom. The first-order valence-electron chi connectivity index (χ1n) is 11.3. The van der Waals surface area contributed by atoms with Crippen molar-refractivity contribution in [1.82, 2.24) is 35.5 Å². The van der Waals surface area contributed by atoms with E-state index in [-0.39, 0.29) is 17.6 Å². The number of imide groups is 1. The quantitative estimate of drug-likeness (QED) is 0.284. The van der Waals surface area contributed by atoms with Gasteiger partial charge in [0.25, 0.3) is 5.91 Å². The van der Waals surface area contributed by atoms with Crippen LogP contribution in [0, 0.1) is 0 Å². The number of pyridine rings is 1. The van der Waals surface area contributed by atoms with E-state index in [1.165, 1.54) is 11.4 Å². The number of aromatic nitrogens is 4. The van der Waals surface area contributed by atoms with Crippen molar-refractivity contribution in [2.75, 3.05) is 5.73 Å². The molecule has 11 nitrogen and oxygen atoms in total. The second-order valence-electron chi connectivity index (χ2n) is 8.74. The number of hydrogen-bond donors (Lipinski definition) is 4. The summed E-state index contributed by atoms with van der Waals surface area (Å²) in [5, 5.41) is 12.5. The Balaban J connectivity index is 1.71. The lowest BCUT2D eigenvalue weighted by molar-refractivity contribution is -0.123. The van der Waals surface area contributed by atoms with Crippen LogP contribution < -0.4 is 21.7 Å². The van der Waals surface area contributed by atoms with Gasteiger partial charge in [-0.25, -0.2) is 9.78 Å². The number of hydrogen-bond acceptors (Lipinski definition) is 8. The van der Waals surface area contributed by atoms with Gasteiger partial charge in [0.1, 0.15) is 5.82 Å². The molecule has 1 aliphatic heterocycles. The van der Waals surface area contributed by atoms with E-state index in [2.05, 4.69) is 33.0 Å². The van der Waals surface area contributed by atoms with Gasteiger partial charge in [0.15, 0.2) is 17.0 Å². The van der Waals surface area contributed by atoms with Crippen LogP contribution in [0.2, 0.25) is 0 Å². The summed E-state index contributed by atoms with van der Waals surface area (Å²) in [6.07, 6.45) is 8.31. The van der Waals surface area contributed by atoms with Crippen LogP contribution in [-0.4, -0.2) is 43.3 Å². The number of nitrogens with zero attached hydrogens (tertiary/aromatic N) is 4. The van der Waals surface area contributed by atoms with Crippen molar-refractivity contribution in [2.24, 2.45) is 0 Å². The first-order valence-corrected chi connectivity index (χ1v) is 11.3. The first-order chi connectivity index (χ1) is 16.7. The summed E-state index contributed by atoms with van der Waals surface area (Å²) < 4.78 is 1.46. The highest BCUT2D eigenvalue weighted by molar-refractivity contribution is 6.07. The normalized spacial score (nSPS) is 18.6. The minimum absolute atomic E-state index is 0.172. The number of carbonyl (C=O) groups is 3. The molecule has 0 radical (unpaired) electrons. The van der Waals surface area contributed by atoms with Crippen molar-refractivity contribution in [1.29, 1.82) is 0 Å². The molecule has 0 aromatic carbocycles. The molecule has 0 bridgehead atoms. The second kappa shape index (κ2) is 9.16. The number of urea groups is 1. The zero-order chi connectivity index (χ0) is 25.3. The standard InChI is InChI=1S/C24H28N8O3/c1-5-10-26-13(2)6-8-17-19(14(3)33)20(25)32-21(29-17)16(12-28-32)15-7-9-18(27-11-15)24(4)22(34)30-23(35)31-24/h5,7,9-13,26H,6,8,25H2,1-4H3,(H2,30,31,34,35)/b10-5-/t13-,24?/m1/s1. The van der Waals surface area contributed by atoms with Crippen LogP contribution in [0.3, 0.4) is 0 Å². The number of allylic oxidation sites excluding steroid dienone is 1. The van der Waals surface area contributed by atoms with Gasteiger partial charge in [-0.3, -0.25) is 19.9 Å². The lowest BCUT2D eigenvalue weighted by Gasteiger charge is -2.19. The smallest absolute Gasteiger partial charge is 0.322 e. The average molecular weight is 477 g/mol. The van der Waals surface area contributed by atoms with Gasteiger partial charge in [-0.2, -0.15) is 9.61 Å². The third-order valence-corrected chi connectivity index (χ3v) is 6.10. The molecule has 35 heavy (non-hydrogen) atoms. The fraction of sp³-hybridized carbons (Fsp3) is 0.333. The maximum Gasteiger partial charge on any atom is 0.322 e. The molecule has 3 aromatic heterocycles. The number of nitrogen functional groups attached to an aromatic ring is 1. The Kier molecular flexibility index (Phi) is 6.25. The van der Waals surface area contributed by atoms with Gasteiger partial charge in [0.2, 0.25) is 0 Å². The molecule has 11 heteroatoms. The molecule has 2 atom stereocenters. The van der Waals surface area contributed by atoms with Crippen molar-refractivity contribution < 1.29 is 14.4 Å². The largest absolute Gasteiger partial charge is 0.389 e. The van der Waals surface area contributed by atoms with Crippen LogP contribution in [0.25, 0.3) is 16.8 Å². The molecule has 1 unspecified atom stereocenters. The van der Waals surface area contributed by atoms with E-state index in [1.807, 2.05) is 19.2 Å². The maximum absolute atomic E-state index is 12.4. The summed E-state index contributed by atoms with van der Waals surface area (Å²) in [6, 6.07) is 3.07. The van der Waals surface area contributed by atoms with Gasteiger partial charge in [-0.15, -0.1) is 0 Å². The second-order valence-corrected chi connectivity index (χ2v) is 8.74. The van der Waals surface area contributed by atoms with Crippen molar-refractivity contribution in [2.45, 2.75) is 52.1 Å². The summed E-state index contributed by atoms with van der Waals surface area (Å²) in [5.41, 5.74) is 8.38. The molecule has 4 heterocycles. The molecule has 3 amide bonds. The number of aryl methyl sites for hydroxylation is 1. The van der Waals surface area contributed by atoms with E-state index in [1.54, 1.807) is 31.5 Å². The van der Waals surface area contributed by atoms with E-state index in [0.29, 0.717) is 40.1 Å². The maximum atomic E-state index is 12.4. The Bertz CT molecular complexity index is 1350. The SMILES string of the molecule is C/C=C\N[C@H](C)CCc1nc2c(-c3ccc(C4(C)NC(=O)NC4=O)nc3)cnn2c(N)c1C(C)=O. The molecule has 1 fully saturated rings. The summed E-state index contributed by atoms with van der Waals surface area (Å²) in [4.78, 5) is 45.4. The number of ketones is 1. The first kappa shape index (κ1) is 23.9. The Morgan fingerprint density at radius 1 is 1.31 bits per heavy atom. The van der Waals surface area contributed by atoms with Crippen LogP contribution in [0.4, 0.5) is 10.6 Å². The van der Waals surface area contributed by atoms with E-state index < -0.39 is 17.5 Å². The van der Waals surface area contributed by atoms with Gasteiger partial charge in [0, 0.05) is 23.4 Å². The number of amides is 3. The van der Waals surface area contributed by atoms with Gasteiger partial charge in [-0.05, 0) is 52.8 Å². The minimum atomic E-state index is -1.25. The number of anilines is 1. The molecule has 3 aromatic rings. The van der Waals surface area contributed by atoms with E-state index in [4.69, 9.17) is 10.7 Å². The third-order valence-electron chi connectivity index (χ3n) is 6.10. The van der Waals surface area contributed by atoms with Crippen molar-refractivity contribution in [3.63, 3.8) is 0 Å². The van der Waals surface area contributed by atoms with Crippen LogP contribution in [0.5, 0.6) is 0 Å². The predicted octanol–water partition coefficient (Wildman–Crippen LogP) is 2.07. The van der Waals surface area contributed by atoms with Crippen LogP contribution >= 0.6 is 0 Å². The molecule has 182 valence electrons. The zero-order valence-electron chi connectivity index (χ0n) is 20.0. The monoisotopic (exact) mass is 476 g/mol. The molecule has 5 N–H and O–H groups in total. The van der Waals surface area contributed by atoms with Crippen LogP contribution in [-0.2, 0) is 16.8 Å². The highest BCUT2D eigenvalue weighted by Gasteiger charge is 2.44. The fourth-order valence-corrected chi connectivity index (χ4v) is 4.10. The number of nitrogens with one attached hydrogen (secondary N) is 3. The number of nitrogens with two attached hydrogens (primary N) is 1. The Labute approximate surface area is 202 Å². The highest BCUT2D eigenvalue weighted by atomic mass is 16.2. The molecule has 0 aliphatic carbocycles. The lowest BCUT2D eigenvalue weighted by atomic mass is 9.96. The molecule has 1 saturated heterocycles. The van der Waals surface area contributed by atoms with Gasteiger partial charge >= 0.3 is 6.03 Å². The summed E-state index contributed by atoms with van der Waals surface area (Å²) in [5.74, 6) is -0.401. The molecule has 4 rings (SSSR count). The molecular formula is C24H28N8O3. The van der Waals surface area contributed by atoms with Crippen LogP contribution in [0.15, 0.2) is 36.8 Å². The summed E-state index contributed by atoms with van der Waals surface area (Å²) in [7, 11) is 0. The Morgan fingerprint density at radius 2 is 2.09 bits per heavy atom. The highest BCUT2D eigenvalue weighted by Crippen LogP contribution is 2.29. The Hall–Kier alpha value is -4.28.